The van der Waals surface area contributed by atoms with Crippen LogP contribution in [0.1, 0.15) is 49.9 Å². The van der Waals surface area contributed by atoms with E-state index < -0.39 is 10.0 Å². The number of carbonyl (C=O) groups is 1. The third-order valence-electron chi connectivity index (χ3n) is 3.21. The lowest BCUT2D eigenvalue weighted by atomic mass is 9.99. The molecule has 3 N–H and O–H groups in total. The summed E-state index contributed by atoms with van der Waals surface area (Å²) in [5, 5.41) is 9.39. The maximum absolute atomic E-state index is 11.9. The van der Waals surface area contributed by atoms with E-state index in [0.717, 1.165) is 37.0 Å². The summed E-state index contributed by atoms with van der Waals surface area (Å²) in [7, 11) is -3.72. The molecule has 0 saturated heterocycles. The van der Waals surface area contributed by atoms with Crippen molar-refractivity contribution < 1.29 is 13.2 Å². The topological polar surface area (TPSA) is 89.3 Å². The van der Waals surface area contributed by atoms with Crippen molar-refractivity contribution >= 4 is 27.3 Å². The summed E-state index contributed by atoms with van der Waals surface area (Å²) in [6.07, 6.45) is 4.42. The molecule has 0 saturated carbocycles. The van der Waals surface area contributed by atoms with Gasteiger partial charge in [0.15, 0.2) is 0 Å². The highest BCUT2D eigenvalue weighted by atomic mass is 32.2. The number of hydrogen-bond donors (Lipinski definition) is 2. The van der Waals surface area contributed by atoms with Gasteiger partial charge in [0.2, 0.25) is 10.0 Å². The highest BCUT2D eigenvalue weighted by molar-refractivity contribution is 7.91. The number of nitrogens with one attached hydrogen (secondary N) is 1. The van der Waals surface area contributed by atoms with Crippen LogP contribution in [0.3, 0.4) is 0 Å². The maximum atomic E-state index is 11.9. The molecular formula is C13H22N2O3S2. The van der Waals surface area contributed by atoms with Crippen molar-refractivity contribution in [2.45, 2.75) is 43.7 Å². The third kappa shape index (κ3) is 5.22. The number of rotatable bonds is 8. The van der Waals surface area contributed by atoms with Crippen LogP contribution in [-0.4, -0.2) is 20.9 Å². The van der Waals surface area contributed by atoms with Crippen LogP contribution >= 0.6 is 11.3 Å². The average molecular weight is 318 g/mol. The Hall–Kier alpha value is -0.920. The predicted octanol–water partition coefficient (Wildman–Crippen LogP) is 2.34. The number of thiophene rings is 1. The van der Waals surface area contributed by atoms with E-state index in [9.17, 15) is 13.2 Å². The van der Waals surface area contributed by atoms with Gasteiger partial charge in [-0.2, -0.15) is 0 Å². The zero-order valence-electron chi connectivity index (χ0n) is 11.9. The lowest BCUT2D eigenvalue weighted by Gasteiger charge is -2.14. The molecule has 5 nitrogen and oxygen atoms in total. The third-order valence-corrected chi connectivity index (χ3v) is 5.60. The molecule has 114 valence electrons. The smallest absolute Gasteiger partial charge is 0.252 e. The second-order valence-electron chi connectivity index (χ2n) is 4.83. The van der Waals surface area contributed by atoms with E-state index >= 15 is 0 Å². The summed E-state index contributed by atoms with van der Waals surface area (Å²) in [6, 6.07) is 1.32. The Morgan fingerprint density at radius 3 is 2.65 bits per heavy atom. The van der Waals surface area contributed by atoms with Crippen LogP contribution in [0.15, 0.2) is 15.7 Å². The molecule has 1 unspecified atom stereocenters. The summed E-state index contributed by atoms with van der Waals surface area (Å²) >= 11 is 0.965. The van der Waals surface area contributed by atoms with Crippen molar-refractivity contribution in [3.63, 3.8) is 0 Å². The molecule has 0 fully saturated rings. The second kappa shape index (κ2) is 7.75. The van der Waals surface area contributed by atoms with Gasteiger partial charge in [0.25, 0.3) is 5.91 Å². The number of carbonyl (C=O) groups excluding carboxylic acids is 1. The second-order valence-corrected chi connectivity index (χ2v) is 7.53. The molecule has 0 radical (unpaired) electrons. The standard InChI is InChI=1S/C13H22N2O3S2/c1-3-5-6-10(4-2)8-15-13(16)11-7-12(19-9-11)20(14,17)18/h7,9-10H,3-6,8H2,1-2H3,(H,15,16)(H2,14,17,18). The van der Waals surface area contributed by atoms with Crippen molar-refractivity contribution in [3.8, 4) is 0 Å². The molecule has 1 atom stereocenters. The highest BCUT2D eigenvalue weighted by Gasteiger charge is 2.16. The van der Waals surface area contributed by atoms with Gasteiger partial charge in [0.1, 0.15) is 4.21 Å². The van der Waals surface area contributed by atoms with Crippen LogP contribution in [0.25, 0.3) is 0 Å². The fourth-order valence-electron chi connectivity index (χ4n) is 1.87. The van der Waals surface area contributed by atoms with E-state index in [2.05, 4.69) is 19.2 Å². The minimum Gasteiger partial charge on any atom is -0.352 e. The van der Waals surface area contributed by atoms with Gasteiger partial charge in [0.05, 0.1) is 5.56 Å². The molecule has 1 amide bonds. The molecule has 1 heterocycles. The van der Waals surface area contributed by atoms with Crippen molar-refractivity contribution in [2.75, 3.05) is 6.54 Å². The summed E-state index contributed by atoms with van der Waals surface area (Å²) in [6.45, 7) is 4.87. The predicted molar refractivity (Wildman–Crippen MR) is 81.3 cm³/mol. The Kier molecular flexibility index (Phi) is 6.64. The highest BCUT2D eigenvalue weighted by Crippen LogP contribution is 2.19. The van der Waals surface area contributed by atoms with E-state index in [1.165, 1.54) is 11.4 Å². The Balaban J connectivity index is 2.56. The molecule has 0 bridgehead atoms. The van der Waals surface area contributed by atoms with Crippen LogP contribution in [0.5, 0.6) is 0 Å². The van der Waals surface area contributed by atoms with E-state index in [4.69, 9.17) is 5.14 Å². The lowest BCUT2D eigenvalue weighted by Crippen LogP contribution is -2.28. The Bertz CT molecular complexity index is 538. The van der Waals surface area contributed by atoms with E-state index in [0.29, 0.717) is 18.0 Å². The SMILES string of the molecule is CCCCC(CC)CNC(=O)c1csc(S(N)(=O)=O)c1. The molecule has 7 heteroatoms. The van der Waals surface area contributed by atoms with Crippen molar-refractivity contribution in [3.05, 3.63) is 17.0 Å². The van der Waals surface area contributed by atoms with Gasteiger partial charge < -0.3 is 5.32 Å². The molecule has 1 aromatic heterocycles. The monoisotopic (exact) mass is 318 g/mol. The Labute approximate surface area is 124 Å². The maximum Gasteiger partial charge on any atom is 0.252 e. The van der Waals surface area contributed by atoms with Gasteiger partial charge in [-0.25, -0.2) is 13.6 Å². The molecule has 0 aromatic carbocycles. The average Bonchev–Trinajstić information content (AvgIpc) is 2.88. The van der Waals surface area contributed by atoms with Gasteiger partial charge in [-0.1, -0.05) is 33.1 Å². The fraction of sp³-hybridized carbons (Fsp3) is 0.615. The molecular weight excluding hydrogens is 296 g/mol. The minimum atomic E-state index is -3.72. The van der Waals surface area contributed by atoms with Gasteiger partial charge >= 0.3 is 0 Å². The van der Waals surface area contributed by atoms with Crippen LogP contribution in [-0.2, 0) is 10.0 Å². The zero-order valence-corrected chi connectivity index (χ0v) is 13.5. The van der Waals surface area contributed by atoms with E-state index in [1.807, 2.05) is 0 Å². The fourth-order valence-corrected chi connectivity index (χ4v) is 3.45. The van der Waals surface area contributed by atoms with Gasteiger partial charge in [0, 0.05) is 11.9 Å². The van der Waals surface area contributed by atoms with Crippen LogP contribution in [0, 0.1) is 5.92 Å². The summed E-state index contributed by atoms with van der Waals surface area (Å²) in [5.74, 6) is 0.223. The molecule has 1 aromatic rings. The van der Waals surface area contributed by atoms with Crippen molar-refractivity contribution in [1.82, 2.24) is 5.32 Å². The number of amides is 1. The molecule has 0 aliphatic rings. The summed E-state index contributed by atoms with van der Waals surface area (Å²) < 4.78 is 22.3. The molecule has 0 aliphatic heterocycles. The van der Waals surface area contributed by atoms with Gasteiger partial charge in [-0.05, 0) is 18.4 Å². The number of nitrogens with two attached hydrogens (primary N) is 1. The van der Waals surface area contributed by atoms with Gasteiger partial charge in [-0.15, -0.1) is 11.3 Å². The first kappa shape index (κ1) is 17.1. The first-order valence-electron chi connectivity index (χ1n) is 6.78. The number of hydrogen-bond acceptors (Lipinski definition) is 4. The number of primary sulfonamides is 1. The van der Waals surface area contributed by atoms with E-state index in [1.54, 1.807) is 0 Å². The first-order valence-corrected chi connectivity index (χ1v) is 9.20. The zero-order chi connectivity index (χ0) is 15.2. The minimum absolute atomic E-state index is 0.0145. The Morgan fingerprint density at radius 1 is 1.45 bits per heavy atom. The first-order chi connectivity index (χ1) is 9.38. The number of sulfonamides is 1. The molecule has 1 rings (SSSR count). The van der Waals surface area contributed by atoms with Crippen molar-refractivity contribution in [2.24, 2.45) is 11.1 Å². The summed E-state index contributed by atoms with van der Waals surface area (Å²) in [5.41, 5.74) is 0.351. The van der Waals surface area contributed by atoms with Crippen molar-refractivity contribution in [1.29, 1.82) is 0 Å². The lowest BCUT2D eigenvalue weighted by molar-refractivity contribution is 0.0946. The van der Waals surface area contributed by atoms with Crippen LogP contribution < -0.4 is 10.5 Å². The van der Waals surface area contributed by atoms with Crippen LogP contribution in [0.2, 0.25) is 0 Å². The summed E-state index contributed by atoms with van der Waals surface area (Å²) in [4.78, 5) is 11.9. The van der Waals surface area contributed by atoms with Crippen LogP contribution in [0.4, 0.5) is 0 Å². The largest absolute Gasteiger partial charge is 0.352 e. The molecule has 0 aliphatic carbocycles. The number of unbranched alkanes of at least 4 members (excludes halogenated alkanes) is 1. The normalized spacial score (nSPS) is 13.2. The molecule has 20 heavy (non-hydrogen) atoms. The van der Waals surface area contributed by atoms with Gasteiger partial charge in [-0.3, -0.25) is 4.79 Å². The Morgan fingerprint density at radius 2 is 2.15 bits per heavy atom. The molecule has 0 spiro atoms. The quantitative estimate of drug-likeness (QED) is 0.771. The van der Waals surface area contributed by atoms with E-state index in [-0.39, 0.29) is 10.1 Å².